The summed E-state index contributed by atoms with van der Waals surface area (Å²) in [4.78, 5) is 24.1. The van der Waals surface area contributed by atoms with Crippen LogP contribution in [0.25, 0.3) is 0 Å². The van der Waals surface area contributed by atoms with Crippen LogP contribution in [0.3, 0.4) is 0 Å². The molecule has 1 N–H and O–H groups in total. The van der Waals surface area contributed by atoms with Crippen LogP contribution in [0.2, 0.25) is 0 Å². The third kappa shape index (κ3) is 1.20. The maximum Gasteiger partial charge on any atom is 0.329 e. The van der Waals surface area contributed by atoms with Crippen molar-refractivity contribution in [3.8, 4) is 0 Å². The maximum atomic E-state index is 11.2. The molecule has 0 amide bonds. The second-order valence-corrected chi connectivity index (χ2v) is 3.92. The molecule has 64 valence electrons. The number of aromatic amines is 1. The zero-order chi connectivity index (χ0) is 8.55. The highest BCUT2D eigenvalue weighted by Gasteiger charge is 2.20. The molecular weight excluding hydrogens is 176 g/mol. The van der Waals surface area contributed by atoms with Crippen molar-refractivity contribution < 1.29 is 0 Å². The largest absolute Gasteiger partial charge is 0.329 e. The van der Waals surface area contributed by atoms with Crippen LogP contribution < -0.4 is 11.2 Å². The minimum atomic E-state index is -0.333. The number of aromatic nitrogens is 2. The summed E-state index contributed by atoms with van der Waals surface area (Å²) < 4.78 is 1.57. The first kappa shape index (κ1) is 7.67. The fourth-order valence-corrected chi connectivity index (χ4v) is 1.87. The average Bonchev–Trinajstić information content (AvgIpc) is 1.91. The molecule has 12 heavy (non-hydrogen) atoms. The van der Waals surface area contributed by atoms with E-state index in [0.29, 0.717) is 0 Å². The van der Waals surface area contributed by atoms with Gasteiger partial charge in [0.05, 0.1) is 5.37 Å². The lowest BCUT2D eigenvalue weighted by molar-refractivity contribution is 0.589. The molecule has 0 aliphatic carbocycles. The lowest BCUT2D eigenvalue weighted by Gasteiger charge is -2.26. The number of rotatable bonds is 1. The Bertz CT molecular complexity index is 391. The molecule has 1 aliphatic heterocycles. The highest BCUT2D eigenvalue weighted by atomic mass is 32.2. The second-order valence-electron chi connectivity index (χ2n) is 2.63. The zero-order valence-electron chi connectivity index (χ0n) is 6.32. The van der Waals surface area contributed by atoms with Crippen molar-refractivity contribution in [2.45, 2.75) is 11.8 Å². The third-order valence-electron chi connectivity index (χ3n) is 1.84. The van der Waals surface area contributed by atoms with Gasteiger partial charge < -0.3 is 0 Å². The van der Waals surface area contributed by atoms with Gasteiger partial charge in [0.2, 0.25) is 0 Å². The number of hydrogen-bond donors (Lipinski definition) is 1. The Balaban J connectivity index is 2.44. The summed E-state index contributed by atoms with van der Waals surface area (Å²) in [5, 5.41) is 0.231. The number of nitrogens with one attached hydrogen (secondary N) is 1. The van der Waals surface area contributed by atoms with E-state index in [4.69, 9.17) is 0 Å². The predicted octanol–water partition coefficient (Wildman–Crippen LogP) is 0.172. The van der Waals surface area contributed by atoms with E-state index >= 15 is 0 Å². The first-order chi connectivity index (χ1) is 5.77. The molecule has 1 fully saturated rings. The Kier molecular flexibility index (Phi) is 1.80. The molecule has 0 aromatic carbocycles. The third-order valence-corrected chi connectivity index (χ3v) is 3.16. The molecule has 0 radical (unpaired) electrons. The highest BCUT2D eigenvalue weighted by Crippen LogP contribution is 2.36. The Morgan fingerprint density at radius 1 is 1.58 bits per heavy atom. The monoisotopic (exact) mass is 184 g/mol. The van der Waals surface area contributed by atoms with Crippen LogP contribution in [0.5, 0.6) is 0 Å². The molecule has 0 bridgehead atoms. The lowest BCUT2D eigenvalue weighted by atomic mass is 10.4. The van der Waals surface area contributed by atoms with E-state index in [0.717, 1.165) is 12.2 Å². The second kappa shape index (κ2) is 2.82. The molecule has 1 saturated heterocycles. The van der Waals surface area contributed by atoms with Crippen LogP contribution in [0.1, 0.15) is 11.8 Å². The summed E-state index contributed by atoms with van der Waals surface area (Å²) in [5.74, 6) is 1.09. The van der Waals surface area contributed by atoms with Gasteiger partial charge in [-0.05, 0) is 12.2 Å². The van der Waals surface area contributed by atoms with E-state index in [2.05, 4.69) is 4.98 Å². The maximum absolute atomic E-state index is 11.2. The van der Waals surface area contributed by atoms with Crippen LogP contribution in [0.15, 0.2) is 21.9 Å². The van der Waals surface area contributed by atoms with E-state index in [-0.39, 0.29) is 16.6 Å². The Labute approximate surface area is 72.6 Å². The van der Waals surface area contributed by atoms with Gasteiger partial charge in [0.15, 0.2) is 0 Å². The molecule has 2 heterocycles. The molecule has 1 unspecified atom stereocenters. The van der Waals surface area contributed by atoms with E-state index < -0.39 is 0 Å². The van der Waals surface area contributed by atoms with Crippen molar-refractivity contribution in [2.75, 3.05) is 5.75 Å². The standard InChI is InChI=1S/C7H8N2O2S/c10-5-1-3-9(7(11)8-5)6-2-4-12-6/h1,3,6H,2,4H2,(H,8,10,11). The summed E-state index contributed by atoms with van der Waals surface area (Å²) in [7, 11) is 0. The molecule has 0 saturated carbocycles. The summed E-state index contributed by atoms with van der Waals surface area (Å²) in [6.45, 7) is 0. The van der Waals surface area contributed by atoms with Crippen molar-refractivity contribution in [1.29, 1.82) is 0 Å². The van der Waals surface area contributed by atoms with Gasteiger partial charge in [0.1, 0.15) is 0 Å². The average molecular weight is 184 g/mol. The smallest absolute Gasteiger partial charge is 0.288 e. The van der Waals surface area contributed by atoms with Gasteiger partial charge in [-0.1, -0.05) is 0 Å². The van der Waals surface area contributed by atoms with Crippen molar-refractivity contribution >= 4 is 11.8 Å². The molecule has 5 heteroatoms. The Hall–Kier alpha value is -0.970. The lowest BCUT2D eigenvalue weighted by Crippen LogP contribution is -2.33. The van der Waals surface area contributed by atoms with Crippen LogP contribution in [-0.4, -0.2) is 15.3 Å². The molecule has 2 rings (SSSR count). The van der Waals surface area contributed by atoms with Crippen LogP contribution in [0.4, 0.5) is 0 Å². The van der Waals surface area contributed by atoms with E-state index in [1.165, 1.54) is 6.07 Å². The molecular formula is C7H8N2O2S. The topological polar surface area (TPSA) is 54.9 Å². The molecule has 1 atom stereocenters. The van der Waals surface area contributed by atoms with Crippen LogP contribution in [-0.2, 0) is 0 Å². The van der Waals surface area contributed by atoms with Gasteiger partial charge in [-0.15, -0.1) is 11.8 Å². The van der Waals surface area contributed by atoms with E-state index in [9.17, 15) is 9.59 Å². The van der Waals surface area contributed by atoms with Crippen molar-refractivity contribution in [2.24, 2.45) is 0 Å². The fraction of sp³-hybridized carbons (Fsp3) is 0.429. The van der Waals surface area contributed by atoms with Gasteiger partial charge in [-0.2, -0.15) is 0 Å². The van der Waals surface area contributed by atoms with Gasteiger partial charge in [0, 0.05) is 12.3 Å². The first-order valence-corrected chi connectivity index (χ1v) is 4.75. The number of thioether (sulfide) groups is 1. The van der Waals surface area contributed by atoms with Gasteiger partial charge in [0.25, 0.3) is 5.56 Å². The Morgan fingerprint density at radius 2 is 2.33 bits per heavy atom. The molecule has 1 aromatic rings. The van der Waals surface area contributed by atoms with Crippen LogP contribution in [0, 0.1) is 0 Å². The van der Waals surface area contributed by atoms with Gasteiger partial charge in [-0.25, -0.2) is 4.79 Å². The Morgan fingerprint density at radius 3 is 2.83 bits per heavy atom. The zero-order valence-corrected chi connectivity index (χ0v) is 7.13. The molecule has 4 nitrogen and oxygen atoms in total. The van der Waals surface area contributed by atoms with Gasteiger partial charge in [-0.3, -0.25) is 14.3 Å². The summed E-state index contributed by atoms with van der Waals surface area (Å²) >= 11 is 1.72. The van der Waals surface area contributed by atoms with E-state index in [1.807, 2.05) is 0 Å². The van der Waals surface area contributed by atoms with Crippen molar-refractivity contribution in [3.63, 3.8) is 0 Å². The molecule has 1 aliphatic rings. The minimum absolute atomic E-state index is 0.231. The van der Waals surface area contributed by atoms with Crippen LogP contribution >= 0.6 is 11.8 Å². The molecule has 1 aromatic heterocycles. The van der Waals surface area contributed by atoms with Crippen molar-refractivity contribution in [1.82, 2.24) is 9.55 Å². The number of nitrogens with zero attached hydrogens (tertiary/aromatic N) is 1. The van der Waals surface area contributed by atoms with E-state index in [1.54, 1.807) is 22.5 Å². The summed E-state index contributed by atoms with van der Waals surface area (Å²) in [6, 6.07) is 1.38. The normalized spacial score (nSPS) is 21.8. The molecule has 0 spiro atoms. The quantitative estimate of drug-likeness (QED) is 0.677. The SMILES string of the molecule is O=c1ccn(C2CCS2)c(=O)[nH]1. The first-order valence-electron chi connectivity index (χ1n) is 3.70. The van der Waals surface area contributed by atoms with Gasteiger partial charge >= 0.3 is 5.69 Å². The summed E-state index contributed by atoms with van der Waals surface area (Å²) in [5.41, 5.74) is -0.639. The predicted molar refractivity (Wildman–Crippen MR) is 47.4 cm³/mol. The highest BCUT2D eigenvalue weighted by molar-refractivity contribution is 8.00. The summed E-state index contributed by atoms with van der Waals surface area (Å²) in [6.07, 6.45) is 2.56. The van der Waals surface area contributed by atoms with Crippen molar-refractivity contribution in [3.05, 3.63) is 33.1 Å². The minimum Gasteiger partial charge on any atom is -0.288 e. The number of hydrogen-bond acceptors (Lipinski definition) is 3. The number of H-pyrrole nitrogens is 1. The fourth-order valence-electron chi connectivity index (χ4n) is 1.10.